The lowest BCUT2D eigenvalue weighted by Crippen LogP contribution is -2.10. The van der Waals surface area contributed by atoms with E-state index in [1.807, 2.05) is 6.07 Å². The molecule has 7 heteroatoms. The van der Waals surface area contributed by atoms with E-state index in [0.29, 0.717) is 5.56 Å². The van der Waals surface area contributed by atoms with E-state index in [1.54, 1.807) is 0 Å². The molecule has 0 atom stereocenters. The highest BCUT2D eigenvalue weighted by atomic mass is 35.5. The van der Waals surface area contributed by atoms with Crippen LogP contribution in [0.5, 0.6) is 0 Å². The second kappa shape index (κ2) is 5.98. The van der Waals surface area contributed by atoms with Gasteiger partial charge in [-0.2, -0.15) is 5.26 Å². The Morgan fingerprint density at radius 3 is 2.67 bits per heavy atom. The second-order valence-electron chi connectivity index (χ2n) is 3.34. The van der Waals surface area contributed by atoms with Crippen molar-refractivity contribution in [2.75, 3.05) is 7.11 Å². The Bertz CT molecular complexity index is 537. The van der Waals surface area contributed by atoms with Gasteiger partial charge in [0.1, 0.15) is 0 Å². The van der Waals surface area contributed by atoms with E-state index >= 15 is 0 Å². The number of ether oxygens (including phenoxy) is 1. The average molecular weight is 269 g/mol. The molecule has 6 nitrogen and oxygen atoms in total. The highest BCUT2D eigenvalue weighted by Crippen LogP contribution is 2.27. The van der Waals surface area contributed by atoms with Crippen LogP contribution < -0.4 is 0 Å². The number of carbonyl (C=O) groups excluding carboxylic acids is 1. The van der Waals surface area contributed by atoms with Crippen molar-refractivity contribution in [3.63, 3.8) is 0 Å². The van der Waals surface area contributed by atoms with Crippen molar-refractivity contribution < 1.29 is 14.5 Å². The maximum absolute atomic E-state index is 11.3. The molecule has 0 radical (unpaired) electrons. The van der Waals surface area contributed by atoms with Crippen LogP contribution in [-0.2, 0) is 21.8 Å². The summed E-state index contributed by atoms with van der Waals surface area (Å²) in [5.74, 6) is -0.712. The zero-order valence-corrected chi connectivity index (χ0v) is 10.2. The molecular formula is C11H9ClN2O4. The van der Waals surface area contributed by atoms with Crippen molar-refractivity contribution >= 4 is 23.3 Å². The molecule has 1 rings (SSSR count). The standard InChI is InChI=1S/C11H9ClN2O4/c1-18-11(15)4-8-9(5-12)7(6-13)2-3-10(8)14(16)17/h2-3H,4-5H2,1H3. The Hall–Kier alpha value is -2.13. The Labute approximate surface area is 108 Å². The Morgan fingerprint density at radius 2 is 2.22 bits per heavy atom. The summed E-state index contributed by atoms with van der Waals surface area (Å²) in [4.78, 5) is 21.5. The minimum Gasteiger partial charge on any atom is -0.469 e. The molecule has 0 aliphatic heterocycles. The molecule has 94 valence electrons. The van der Waals surface area contributed by atoms with Gasteiger partial charge >= 0.3 is 5.97 Å². The topological polar surface area (TPSA) is 93.2 Å². The van der Waals surface area contributed by atoms with E-state index in [2.05, 4.69) is 4.74 Å². The quantitative estimate of drug-likeness (QED) is 0.360. The van der Waals surface area contributed by atoms with Crippen LogP contribution >= 0.6 is 11.6 Å². The molecule has 0 fully saturated rings. The number of rotatable bonds is 4. The summed E-state index contributed by atoms with van der Waals surface area (Å²) in [5, 5.41) is 19.8. The summed E-state index contributed by atoms with van der Waals surface area (Å²) in [6.45, 7) is 0. The maximum atomic E-state index is 11.3. The number of hydrogen-bond acceptors (Lipinski definition) is 5. The van der Waals surface area contributed by atoms with Crippen LogP contribution in [0.3, 0.4) is 0 Å². The molecule has 0 saturated heterocycles. The van der Waals surface area contributed by atoms with Gasteiger partial charge in [-0.25, -0.2) is 0 Å². The molecule has 0 bridgehead atoms. The summed E-state index contributed by atoms with van der Waals surface area (Å²) in [5.41, 5.74) is 0.393. The molecule has 0 heterocycles. The van der Waals surface area contributed by atoms with Crippen LogP contribution in [0.2, 0.25) is 0 Å². The van der Waals surface area contributed by atoms with Crippen LogP contribution in [-0.4, -0.2) is 18.0 Å². The first-order chi connectivity index (χ1) is 8.54. The number of esters is 1. The number of methoxy groups -OCH3 is 1. The molecule has 1 aromatic rings. The molecule has 0 N–H and O–H groups in total. The fourth-order valence-electron chi connectivity index (χ4n) is 1.52. The molecule has 0 spiro atoms. The predicted octanol–water partition coefficient (Wildman–Crippen LogP) is 1.92. The smallest absolute Gasteiger partial charge is 0.310 e. The number of hydrogen-bond donors (Lipinski definition) is 0. The number of halogens is 1. The number of nitrogens with zero attached hydrogens (tertiary/aromatic N) is 2. The maximum Gasteiger partial charge on any atom is 0.310 e. The van der Waals surface area contributed by atoms with Gasteiger partial charge in [0, 0.05) is 17.5 Å². The minimum atomic E-state index is -0.625. The van der Waals surface area contributed by atoms with Crippen molar-refractivity contribution in [3.8, 4) is 6.07 Å². The summed E-state index contributed by atoms with van der Waals surface area (Å²) in [7, 11) is 1.18. The summed E-state index contributed by atoms with van der Waals surface area (Å²) >= 11 is 5.69. The molecule has 0 aliphatic carbocycles. The van der Waals surface area contributed by atoms with Gasteiger partial charge in [0.15, 0.2) is 0 Å². The van der Waals surface area contributed by atoms with Gasteiger partial charge in [-0.05, 0) is 11.6 Å². The van der Waals surface area contributed by atoms with Gasteiger partial charge < -0.3 is 4.74 Å². The van der Waals surface area contributed by atoms with E-state index in [9.17, 15) is 14.9 Å². The highest BCUT2D eigenvalue weighted by molar-refractivity contribution is 6.17. The Kier molecular flexibility index (Phi) is 4.63. The minimum absolute atomic E-state index is 0.0864. The van der Waals surface area contributed by atoms with E-state index in [-0.39, 0.29) is 29.1 Å². The van der Waals surface area contributed by atoms with Crippen molar-refractivity contribution in [2.24, 2.45) is 0 Å². The molecule has 18 heavy (non-hydrogen) atoms. The van der Waals surface area contributed by atoms with Crippen molar-refractivity contribution in [1.29, 1.82) is 5.26 Å². The van der Waals surface area contributed by atoms with Gasteiger partial charge in [0.25, 0.3) is 5.69 Å². The predicted molar refractivity (Wildman–Crippen MR) is 63.1 cm³/mol. The molecule has 0 saturated carbocycles. The first-order valence-electron chi connectivity index (χ1n) is 4.87. The third-order valence-electron chi connectivity index (χ3n) is 2.41. The van der Waals surface area contributed by atoms with Crippen LogP contribution in [0.25, 0.3) is 0 Å². The van der Waals surface area contributed by atoms with E-state index in [0.717, 1.165) is 0 Å². The summed E-state index contributed by atoms with van der Waals surface area (Å²) < 4.78 is 4.47. The SMILES string of the molecule is COC(=O)Cc1c([N+](=O)[O-])ccc(C#N)c1CCl. The average Bonchev–Trinajstić information content (AvgIpc) is 2.37. The zero-order chi connectivity index (χ0) is 13.7. The molecule has 0 aliphatic rings. The number of carbonyl (C=O) groups is 1. The van der Waals surface area contributed by atoms with E-state index < -0.39 is 10.9 Å². The lowest BCUT2D eigenvalue weighted by molar-refractivity contribution is -0.385. The molecular weight excluding hydrogens is 260 g/mol. The largest absolute Gasteiger partial charge is 0.469 e. The number of nitro groups is 1. The number of alkyl halides is 1. The normalized spacial score (nSPS) is 9.61. The van der Waals surface area contributed by atoms with Gasteiger partial charge in [0.2, 0.25) is 0 Å². The Morgan fingerprint density at radius 1 is 1.56 bits per heavy atom. The summed E-state index contributed by atoms with van der Waals surface area (Å²) in [6, 6.07) is 4.39. The number of nitro benzene ring substituents is 1. The Balaban J connectivity index is 3.44. The fraction of sp³-hybridized carbons (Fsp3) is 0.273. The van der Waals surface area contributed by atoms with Gasteiger partial charge in [-0.1, -0.05) is 0 Å². The second-order valence-corrected chi connectivity index (χ2v) is 3.61. The third-order valence-corrected chi connectivity index (χ3v) is 2.67. The van der Waals surface area contributed by atoms with Crippen molar-refractivity contribution in [2.45, 2.75) is 12.3 Å². The molecule has 0 amide bonds. The van der Waals surface area contributed by atoms with Gasteiger partial charge in [-0.15, -0.1) is 11.6 Å². The summed E-state index contributed by atoms with van der Waals surface area (Å²) in [6.07, 6.45) is -0.287. The van der Waals surface area contributed by atoms with Crippen molar-refractivity contribution in [1.82, 2.24) is 0 Å². The van der Waals surface area contributed by atoms with Crippen LogP contribution in [0.4, 0.5) is 5.69 Å². The fourth-order valence-corrected chi connectivity index (χ4v) is 1.83. The number of nitriles is 1. The van der Waals surface area contributed by atoms with Gasteiger partial charge in [0.05, 0.1) is 30.1 Å². The molecule has 0 aromatic heterocycles. The molecule has 0 unspecified atom stereocenters. The lowest BCUT2D eigenvalue weighted by Gasteiger charge is -2.08. The van der Waals surface area contributed by atoms with Crippen LogP contribution in [0, 0.1) is 21.4 Å². The monoisotopic (exact) mass is 268 g/mol. The van der Waals surface area contributed by atoms with Crippen molar-refractivity contribution in [3.05, 3.63) is 38.9 Å². The van der Waals surface area contributed by atoms with E-state index in [4.69, 9.17) is 16.9 Å². The first-order valence-corrected chi connectivity index (χ1v) is 5.40. The third kappa shape index (κ3) is 2.76. The first kappa shape index (κ1) is 13.9. The highest BCUT2D eigenvalue weighted by Gasteiger charge is 2.22. The molecule has 1 aromatic carbocycles. The van der Waals surface area contributed by atoms with Crippen LogP contribution in [0.15, 0.2) is 12.1 Å². The van der Waals surface area contributed by atoms with Crippen LogP contribution in [0.1, 0.15) is 16.7 Å². The van der Waals surface area contributed by atoms with E-state index in [1.165, 1.54) is 19.2 Å². The zero-order valence-electron chi connectivity index (χ0n) is 9.47. The van der Waals surface area contributed by atoms with Gasteiger partial charge in [-0.3, -0.25) is 14.9 Å². The lowest BCUT2D eigenvalue weighted by atomic mass is 9.98. The number of benzene rings is 1.